The van der Waals surface area contributed by atoms with E-state index in [-0.39, 0.29) is 0 Å². The Morgan fingerprint density at radius 1 is 1.10 bits per heavy atom. The van der Waals surface area contributed by atoms with Gasteiger partial charge in [0.15, 0.2) is 0 Å². The quantitative estimate of drug-likeness (QED) is 0.888. The summed E-state index contributed by atoms with van der Waals surface area (Å²) in [5.74, 6) is -0.278. The highest BCUT2D eigenvalue weighted by Gasteiger charge is 2.21. The van der Waals surface area contributed by atoms with Crippen LogP contribution in [0.5, 0.6) is 0 Å². The van der Waals surface area contributed by atoms with Crippen LogP contribution in [0.3, 0.4) is 0 Å². The number of hydrogen-bond acceptors (Lipinski definition) is 3. The molecule has 4 heteroatoms. The number of aromatic nitrogens is 1. The molecule has 3 rings (SSSR count). The maximum atomic E-state index is 11.5. The van der Waals surface area contributed by atoms with Gasteiger partial charge in [-0.3, -0.25) is 0 Å². The number of anilines is 1. The first-order valence-corrected chi connectivity index (χ1v) is 8.26. The van der Waals surface area contributed by atoms with Crippen LogP contribution in [0.2, 0.25) is 0 Å². The number of nitrogens with zero attached hydrogens (tertiary/aromatic N) is 1. The van der Waals surface area contributed by atoms with Crippen LogP contribution in [-0.4, -0.2) is 22.1 Å². The zero-order valence-electron chi connectivity index (χ0n) is 12.5. The minimum Gasteiger partial charge on any atom is -0.478 e. The van der Waals surface area contributed by atoms with Crippen LogP contribution in [0.4, 0.5) is 5.82 Å². The lowest BCUT2D eigenvalue weighted by Gasteiger charge is -2.22. The summed E-state index contributed by atoms with van der Waals surface area (Å²) in [4.78, 5) is 16.1. The van der Waals surface area contributed by atoms with Gasteiger partial charge in [0, 0.05) is 11.7 Å². The Labute approximate surface area is 126 Å². The fourth-order valence-electron chi connectivity index (χ4n) is 3.54. The molecule has 0 radical (unpaired) electrons. The van der Waals surface area contributed by atoms with Gasteiger partial charge in [-0.05, 0) is 43.7 Å². The van der Waals surface area contributed by atoms with E-state index in [0.717, 1.165) is 43.4 Å². The van der Waals surface area contributed by atoms with Crippen molar-refractivity contribution in [2.24, 2.45) is 0 Å². The highest BCUT2D eigenvalue weighted by atomic mass is 16.4. The number of carbonyl (C=O) groups is 1. The van der Waals surface area contributed by atoms with Crippen molar-refractivity contribution < 1.29 is 9.90 Å². The summed E-state index contributed by atoms with van der Waals surface area (Å²) >= 11 is 0. The van der Waals surface area contributed by atoms with E-state index in [4.69, 9.17) is 0 Å². The highest BCUT2D eigenvalue weighted by molar-refractivity contribution is 5.93. The van der Waals surface area contributed by atoms with Gasteiger partial charge in [0.25, 0.3) is 0 Å². The number of aromatic carboxylic acids is 1. The van der Waals surface area contributed by atoms with Crippen molar-refractivity contribution in [2.75, 3.05) is 5.32 Å². The van der Waals surface area contributed by atoms with Gasteiger partial charge in [-0.25, -0.2) is 9.78 Å². The maximum absolute atomic E-state index is 11.5. The van der Waals surface area contributed by atoms with Crippen molar-refractivity contribution in [1.29, 1.82) is 0 Å². The number of aryl methyl sites for hydroxylation is 2. The normalized spacial score (nSPS) is 19.6. The van der Waals surface area contributed by atoms with Gasteiger partial charge in [-0.15, -0.1) is 0 Å². The average molecular weight is 288 g/mol. The Morgan fingerprint density at radius 2 is 1.81 bits per heavy atom. The second-order valence-electron chi connectivity index (χ2n) is 6.34. The van der Waals surface area contributed by atoms with E-state index in [2.05, 4.69) is 10.3 Å². The summed E-state index contributed by atoms with van der Waals surface area (Å²) in [7, 11) is 0. The fourth-order valence-corrected chi connectivity index (χ4v) is 3.54. The zero-order valence-corrected chi connectivity index (χ0v) is 12.5. The van der Waals surface area contributed by atoms with Crippen LogP contribution in [0.1, 0.15) is 73.0 Å². The topological polar surface area (TPSA) is 62.2 Å². The number of carboxylic acid groups (broad SMARTS) is 1. The Kier molecular flexibility index (Phi) is 4.42. The first-order chi connectivity index (χ1) is 10.2. The monoisotopic (exact) mass is 288 g/mol. The molecule has 0 aliphatic heterocycles. The summed E-state index contributed by atoms with van der Waals surface area (Å²) in [6.45, 7) is 0. The van der Waals surface area contributed by atoms with E-state index in [1.54, 1.807) is 0 Å². The molecule has 2 N–H and O–H groups in total. The van der Waals surface area contributed by atoms with Crippen molar-refractivity contribution >= 4 is 11.8 Å². The van der Waals surface area contributed by atoms with Crippen molar-refractivity contribution in [3.8, 4) is 0 Å². The zero-order chi connectivity index (χ0) is 14.7. The Hall–Kier alpha value is -1.58. The van der Waals surface area contributed by atoms with Gasteiger partial charge in [-0.1, -0.05) is 32.1 Å². The number of pyridine rings is 1. The molecule has 1 aromatic rings. The largest absolute Gasteiger partial charge is 0.478 e. The van der Waals surface area contributed by atoms with Gasteiger partial charge in [0.05, 0.1) is 0 Å². The Morgan fingerprint density at radius 3 is 2.52 bits per heavy atom. The third kappa shape index (κ3) is 3.36. The number of carboxylic acids is 1. The van der Waals surface area contributed by atoms with Crippen molar-refractivity contribution in [2.45, 2.75) is 70.3 Å². The molecule has 21 heavy (non-hydrogen) atoms. The first-order valence-electron chi connectivity index (χ1n) is 8.26. The van der Waals surface area contributed by atoms with E-state index in [0.29, 0.717) is 17.4 Å². The Bertz CT molecular complexity index is 520. The van der Waals surface area contributed by atoms with Crippen LogP contribution in [0.15, 0.2) is 6.07 Å². The molecule has 0 aromatic carbocycles. The van der Waals surface area contributed by atoms with Gasteiger partial charge >= 0.3 is 5.97 Å². The molecule has 2 aliphatic carbocycles. The van der Waals surface area contributed by atoms with Crippen LogP contribution in [0.25, 0.3) is 0 Å². The Balaban J connectivity index is 1.81. The third-order valence-corrected chi connectivity index (χ3v) is 4.73. The fraction of sp³-hybridized carbons (Fsp3) is 0.647. The SMILES string of the molecule is O=C(O)c1cc2c(nc1NC1CCCCCCC1)CCC2. The van der Waals surface area contributed by atoms with Gasteiger partial charge in [-0.2, -0.15) is 0 Å². The van der Waals surface area contributed by atoms with Crippen molar-refractivity contribution in [1.82, 2.24) is 4.98 Å². The lowest BCUT2D eigenvalue weighted by atomic mass is 9.96. The van der Waals surface area contributed by atoms with E-state index >= 15 is 0 Å². The molecule has 0 atom stereocenters. The molecule has 1 heterocycles. The summed E-state index contributed by atoms with van der Waals surface area (Å²) < 4.78 is 0. The van der Waals surface area contributed by atoms with Crippen molar-refractivity contribution in [3.63, 3.8) is 0 Å². The minimum absolute atomic E-state index is 0.345. The smallest absolute Gasteiger partial charge is 0.339 e. The summed E-state index contributed by atoms with van der Waals surface area (Å²) in [5, 5.41) is 12.9. The van der Waals surface area contributed by atoms with Gasteiger partial charge in [0.1, 0.15) is 11.4 Å². The standard InChI is InChI=1S/C17H24N2O2/c20-17(21)14-11-12-7-6-10-15(12)19-16(14)18-13-8-4-2-1-3-5-9-13/h11,13H,1-10H2,(H,18,19)(H,20,21). The molecule has 1 fully saturated rings. The average Bonchev–Trinajstić information content (AvgIpc) is 2.87. The lowest BCUT2D eigenvalue weighted by Crippen LogP contribution is -2.23. The van der Waals surface area contributed by atoms with Crippen LogP contribution in [0, 0.1) is 0 Å². The molecule has 1 saturated carbocycles. The van der Waals surface area contributed by atoms with E-state index < -0.39 is 5.97 Å². The minimum atomic E-state index is -0.870. The molecule has 0 saturated heterocycles. The molecule has 0 spiro atoms. The van der Waals surface area contributed by atoms with Crippen molar-refractivity contribution in [3.05, 3.63) is 22.9 Å². The third-order valence-electron chi connectivity index (χ3n) is 4.73. The number of fused-ring (bicyclic) bond motifs is 1. The molecule has 0 bridgehead atoms. The van der Waals surface area contributed by atoms with Crippen LogP contribution in [-0.2, 0) is 12.8 Å². The number of nitrogens with one attached hydrogen (secondary N) is 1. The van der Waals surface area contributed by atoms with E-state index in [1.807, 2.05) is 6.07 Å². The molecule has 0 unspecified atom stereocenters. The molecular weight excluding hydrogens is 264 g/mol. The second-order valence-corrected chi connectivity index (χ2v) is 6.34. The number of rotatable bonds is 3. The first kappa shape index (κ1) is 14.4. The molecule has 1 aromatic heterocycles. The predicted octanol–water partition coefficient (Wildman–Crippen LogP) is 3.79. The maximum Gasteiger partial charge on any atom is 0.339 e. The van der Waals surface area contributed by atoms with Gasteiger partial charge in [0.2, 0.25) is 0 Å². The van der Waals surface area contributed by atoms with E-state index in [1.165, 1.54) is 32.1 Å². The summed E-state index contributed by atoms with van der Waals surface area (Å²) in [5.41, 5.74) is 2.56. The second kappa shape index (κ2) is 6.46. The van der Waals surface area contributed by atoms with Crippen LogP contribution < -0.4 is 5.32 Å². The molecular formula is C17H24N2O2. The molecule has 2 aliphatic rings. The van der Waals surface area contributed by atoms with Crippen LogP contribution >= 0.6 is 0 Å². The number of hydrogen-bond donors (Lipinski definition) is 2. The van der Waals surface area contributed by atoms with E-state index in [9.17, 15) is 9.90 Å². The molecule has 0 amide bonds. The van der Waals surface area contributed by atoms with Gasteiger partial charge < -0.3 is 10.4 Å². The predicted molar refractivity (Wildman–Crippen MR) is 83.0 cm³/mol. The summed E-state index contributed by atoms with van der Waals surface area (Å²) in [6, 6.07) is 2.21. The highest BCUT2D eigenvalue weighted by Crippen LogP contribution is 2.27. The lowest BCUT2D eigenvalue weighted by molar-refractivity contribution is 0.0697. The molecule has 114 valence electrons. The molecule has 4 nitrogen and oxygen atoms in total. The summed E-state index contributed by atoms with van der Waals surface area (Å²) in [6.07, 6.45) is 11.7.